The highest BCUT2D eigenvalue weighted by Crippen LogP contribution is 2.21. The molecule has 2 rings (SSSR count). The molecule has 2 aromatic rings. The Morgan fingerprint density at radius 2 is 2.24 bits per heavy atom. The first-order chi connectivity index (χ1) is 8.24. The van der Waals surface area contributed by atoms with Gasteiger partial charge < -0.3 is 10.7 Å². The van der Waals surface area contributed by atoms with E-state index in [1.807, 2.05) is 6.20 Å². The molecule has 0 saturated carbocycles. The van der Waals surface area contributed by atoms with Gasteiger partial charge in [-0.1, -0.05) is 30.7 Å². The molecule has 90 valence electrons. The molecule has 1 atom stereocenters. The number of H-pyrrole nitrogens is 1. The maximum absolute atomic E-state index is 5.73. The first-order valence-corrected chi connectivity index (χ1v) is 6.06. The summed E-state index contributed by atoms with van der Waals surface area (Å²) >= 11 is 0. The molecule has 0 spiro atoms. The summed E-state index contributed by atoms with van der Waals surface area (Å²) in [5.74, 6) is 1.32. The third-order valence-corrected chi connectivity index (χ3v) is 3.09. The summed E-state index contributed by atoms with van der Waals surface area (Å²) in [6.45, 7) is 4.86. The van der Waals surface area contributed by atoms with Crippen molar-refractivity contribution in [1.82, 2.24) is 9.97 Å². The molecular formula is C14H19N3. The van der Waals surface area contributed by atoms with E-state index in [0.717, 1.165) is 17.9 Å². The summed E-state index contributed by atoms with van der Waals surface area (Å²) in [6, 6.07) is 8.40. The van der Waals surface area contributed by atoms with Gasteiger partial charge in [0.15, 0.2) is 0 Å². The summed E-state index contributed by atoms with van der Waals surface area (Å²) in [5.41, 5.74) is 9.22. The van der Waals surface area contributed by atoms with Crippen LogP contribution in [0, 0.1) is 6.92 Å². The fourth-order valence-electron chi connectivity index (χ4n) is 1.98. The molecule has 0 bridgehead atoms. The van der Waals surface area contributed by atoms with Crippen molar-refractivity contribution in [2.45, 2.75) is 26.2 Å². The van der Waals surface area contributed by atoms with Crippen LogP contribution in [0.25, 0.3) is 11.3 Å². The van der Waals surface area contributed by atoms with Crippen molar-refractivity contribution in [2.24, 2.45) is 5.73 Å². The molecule has 1 unspecified atom stereocenters. The minimum atomic E-state index is 0.327. The molecule has 17 heavy (non-hydrogen) atoms. The number of benzene rings is 1. The number of imidazole rings is 1. The highest BCUT2D eigenvalue weighted by atomic mass is 14.9. The predicted molar refractivity (Wildman–Crippen MR) is 70.8 cm³/mol. The molecular weight excluding hydrogens is 210 g/mol. The Hall–Kier alpha value is -1.61. The van der Waals surface area contributed by atoms with Crippen molar-refractivity contribution in [3.05, 3.63) is 41.9 Å². The summed E-state index contributed by atoms with van der Waals surface area (Å²) in [5, 5.41) is 0. The lowest BCUT2D eigenvalue weighted by Crippen LogP contribution is -2.12. The van der Waals surface area contributed by atoms with Gasteiger partial charge in [0.1, 0.15) is 5.82 Å². The van der Waals surface area contributed by atoms with E-state index in [1.165, 1.54) is 11.1 Å². The second-order valence-corrected chi connectivity index (χ2v) is 4.39. The van der Waals surface area contributed by atoms with Gasteiger partial charge in [0.05, 0.1) is 11.9 Å². The number of hydrogen-bond acceptors (Lipinski definition) is 2. The number of hydrogen-bond donors (Lipinski definition) is 2. The topological polar surface area (TPSA) is 54.7 Å². The average Bonchev–Trinajstić information content (AvgIpc) is 2.80. The molecule has 3 heteroatoms. The number of rotatable bonds is 4. The molecule has 3 N–H and O–H groups in total. The van der Waals surface area contributed by atoms with Gasteiger partial charge in [0, 0.05) is 12.5 Å². The van der Waals surface area contributed by atoms with Crippen LogP contribution in [0.15, 0.2) is 30.5 Å². The zero-order chi connectivity index (χ0) is 12.3. The lowest BCUT2D eigenvalue weighted by molar-refractivity contribution is 0.639. The third kappa shape index (κ3) is 2.56. The number of aromatic amines is 1. The van der Waals surface area contributed by atoms with Crippen molar-refractivity contribution in [3.8, 4) is 11.3 Å². The van der Waals surface area contributed by atoms with Gasteiger partial charge in [-0.15, -0.1) is 0 Å². The van der Waals surface area contributed by atoms with Crippen LogP contribution in [0.5, 0.6) is 0 Å². The van der Waals surface area contributed by atoms with E-state index in [-0.39, 0.29) is 0 Å². The van der Waals surface area contributed by atoms with Crippen LogP contribution in [-0.2, 0) is 0 Å². The number of nitrogens with one attached hydrogen (secondary N) is 1. The van der Waals surface area contributed by atoms with Gasteiger partial charge >= 0.3 is 0 Å². The van der Waals surface area contributed by atoms with Crippen LogP contribution >= 0.6 is 0 Å². The minimum absolute atomic E-state index is 0.327. The van der Waals surface area contributed by atoms with Gasteiger partial charge in [-0.3, -0.25) is 0 Å². The summed E-state index contributed by atoms with van der Waals surface area (Å²) in [4.78, 5) is 7.80. The molecule has 0 aliphatic heterocycles. The normalized spacial score (nSPS) is 12.6. The van der Waals surface area contributed by atoms with Crippen molar-refractivity contribution < 1.29 is 0 Å². The van der Waals surface area contributed by atoms with Crippen LogP contribution in [0.1, 0.15) is 30.7 Å². The zero-order valence-corrected chi connectivity index (χ0v) is 10.4. The lowest BCUT2D eigenvalue weighted by Gasteiger charge is -2.07. The van der Waals surface area contributed by atoms with E-state index in [2.05, 4.69) is 48.1 Å². The number of nitrogens with zero attached hydrogens (tertiary/aromatic N) is 1. The first-order valence-electron chi connectivity index (χ1n) is 6.06. The van der Waals surface area contributed by atoms with Gasteiger partial charge in [-0.25, -0.2) is 4.98 Å². The van der Waals surface area contributed by atoms with Crippen LogP contribution in [0.3, 0.4) is 0 Å². The largest absolute Gasteiger partial charge is 0.342 e. The standard InChI is InChI=1S/C14H19N3/c1-3-11(8-15)14-16-9-13(17-14)12-6-4-5-10(2)7-12/h4-7,9,11H,3,8,15H2,1-2H3,(H,16,17). The first kappa shape index (κ1) is 11.9. The highest BCUT2D eigenvalue weighted by molar-refractivity contribution is 5.59. The molecule has 0 aliphatic rings. The van der Waals surface area contributed by atoms with E-state index < -0.39 is 0 Å². The quantitative estimate of drug-likeness (QED) is 0.847. The second kappa shape index (κ2) is 5.15. The monoisotopic (exact) mass is 229 g/mol. The fraction of sp³-hybridized carbons (Fsp3) is 0.357. The number of aromatic nitrogens is 2. The van der Waals surface area contributed by atoms with Gasteiger partial charge in [-0.05, 0) is 25.0 Å². The average molecular weight is 229 g/mol. The maximum Gasteiger partial charge on any atom is 0.110 e. The van der Waals surface area contributed by atoms with Crippen LogP contribution < -0.4 is 5.73 Å². The molecule has 1 heterocycles. The van der Waals surface area contributed by atoms with E-state index in [9.17, 15) is 0 Å². The molecule has 0 radical (unpaired) electrons. The SMILES string of the molecule is CCC(CN)c1ncc(-c2cccc(C)c2)[nH]1. The number of aryl methyl sites for hydroxylation is 1. The van der Waals surface area contributed by atoms with Crippen molar-refractivity contribution in [3.63, 3.8) is 0 Å². The van der Waals surface area contributed by atoms with Gasteiger partial charge in [-0.2, -0.15) is 0 Å². The van der Waals surface area contributed by atoms with E-state index in [0.29, 0.717) is 12.5 Å². The molecule has 3 nitrogen and oxygen atoms in total. The van der Waals surface area contributed by atoms with Crippen molar-refractivity contribution >= 4 is 0 Å². The Morgan fingerprint density at radius 1 is 1.41 bits per heavy atom. The Morgan fingerprint density at radius 3 is 2.88 bits per heavy atom. The van der Waals surface area contributed by atoms with Crippen LogP contribution in [0.4, 0.5) is 0 Å². The molecule has 0 amide bonds. The molecule has 1 aromatic carbocycles. The summed E-state index contributed by atoms with van der Waals surface area (Å²) < 4.78 is 0. The lowest BCUT2D eigenvalue weighted by atomic mass is 10.1. The van der Waals surface area contributed by atoms with Gasteiger partial charge in [0.2, 0.25) is 0 Å². The molecule has 0 saturated heterocycles. The Kier molecular flexibility index (Phi) is 3.59. The van der Waals surface area contributed by atoms with Crippen molar-refractivity contribution in [1.29, 1.82) is 0 Å². The molecule has 0 aliphatic carbocycles. The van der Waals surface area contributed by atoms with Gasteiger partial charge in [0.25, 0.3) is 0 Å². The maximum atomic E-state index is 5.73. The Balaban J connectivity index is 2.29. The summed E-state index contributed by atoms with van der Waals surface area (Å²) in [7, 11) is 0. The van der Waals surface area contributed by atoms with Crippen LogP contribution in [0.2, 0.25) is 0 Å². The Bertz CT molecular complexity index is 484. The molecule has 1 aromatic heterocycles. The Labute approximate surface area is 102 Å². The smallest absolute Gasteiger partial charge is 0.110 e. The highest BCUT2D eigenvalue weighted by Gasteiger charge is 2.11. The second-order valence-electron chi connectivity index (χ2n) is 4.39. The summed E-state index contributed by atoms with van der Waals surface area (Å²) in [6.07, 6.45) is 2.90. The van der Waals surface area contributed by atoms with Crippen molar-refractivity contribution in [2.75, 3.05) is 6.54 Å². The van der Waals surface area contributed by atoms with E-state index in [1.54, 1.807) is 0 Å². The third-order valence-electron chi connectivity index (χ3n) is 3.09. The predicted octanol–water partition coefficient (Wildman–Crippen LogP) is 2.84. The molecule has 0 fully saturated rings. The minimum Gasteiger partial charge on any atom is -0.342 e. The fourth-order valence-corrected chi connectivity index (χ4v) is 1.98. The van der Waals surface area contributed by atoms with E-state index >= 15 is 0 Å². The van der Waals surface area contributed by atoms with E-state index in [4.69, 9.17) is 5.73 Å². The zero-order valence-electron chi connectivity index (χ0n) is 10.4. The number of nitrogens with two attached hydrogens (primary N) is 1. The van der Waals surface area contributed by atoms with Crippen LogP contribution in [-0.4, -0.2) is 16.5 Å².